The number of piperidine rings is 1. The number of primary amides is 1. The summed E-state index contributed by atoms with van der Waals surface area (Å²) in [7, 11) is 0. The number of carbonyl (C=O) groups is 2. The molecule has 1 unspecified atom stereocenters. The standard InChI is InChI=1S/C24H26FN7O2S/c25-15-3-1-10-27-21(15)24(8-2-9-24)13-30-18-6-5-16(31-32-18)23-29-12-17(35-23)20(22(26)34)14-4-7-19(33)28-11-14/h1,3,5-6,10,12,14,20H,2,4,7-9,11,13H2,(H2,26,34)(H,28,33)(H,30,32)/t14-,20?/m1/s1. The zero-order chi connectivity index (χ0) is 24.4. The summed E-state index contributed by atoms with van der Waals surface area (Å²) in [6.45, 7) is 0.943. The van der Waals surface area contributed by atoms with Gasteiger partial charge in [0.05, 0.1) is 11.6 Å². The Morgan fingerprint density at radius 2 is 2.14 bits per heavy atom. The molecule has 0 spiro atoms. The van der Waals surface area contributed by atoms with Gasteiger partial charge < -0.3 is 16.4 Å². The fourth-order valence-corrected chi connectivity index (χ4v) is 5.95. The molecule has 11 heteroatoms. The van der Waals surface area contributed by atoms with Gasteiger partial charge in [-0.05, 0) is 49.4 Å². The number of thiazole rings is 1. The highest BCUT2D eigenvalue weighted by molar-refractivity contribution is 7.15. The predicted molar refractivity (Wildman–Crippen MR) is 129 cm³/mol. The molecular weight excluding hydrogens is 469 g/mol. The van der Waals surface area contributed by atoms with E-state index in [0.717, 1.165) is 24.1 Å². The molecule has 3 aromatic heterocycles. The highest BCUT2D eigenvalue weighted by Crippen LogP contribution is 2.43. The van der Waals surface area contributed by atoms with Crippen LogP contribution in [0.3, 0.4) is 0 Å². The highest BCUT2D eigenvalue weighted by atomic mass is 32.1. The highest BCUT2D eigenvalue weighted by Gasteiger charge is 2.42. The molecule has 2 fully saturated rings. The van der Waals surface area contributed by atoms with E-state index in [2.05, 4.69) is 30.8 Å². The van der Waals surface area contributed by atoms with Crippen molar-refractivity contribution in [1.29, 1.82) is 0 Å². The summed E-state index contributed by atoms with van der Waals surface area (Å²) in [4.78, 5) is 33.2. The zero-order valence-corrected chi connectivity index (χ0v) is 19.9. The summed E-state index contributed by atoms with van der Waals surface area (Å²) in [6.07, 6.45) is 7.04. The molecule has 182 valence electrons. The van der Waals surface area contributed by atoms with Gasteiger partial charge >= 0.3 is 0 Å². The quantitative estimate of drug-likeness (QED) is 0.437. The predicted octanol–water partition coefficient (Wildman–Crippen LogP) is 2.76. The van der Waals surface area contributed by atoms with Gasteiger partial charge in [-0.1, -0.05) is 6.42 Å². The summed E-state index contributed by atoms with van der Waals surface area (Å²) in [5, 5.41) is 15.3. The summed E-state index contributed by atoms with van der Waals surface area (Å²) in [5.74, 6) is -0.700. The second-order valence-corrected chi connectivity index (χ2v) is 10.2. The molecule has 3 aromatic rings. The Labute approximate surface area is 205 Å². The molecule has 0 bridgehead atoms. The number of hydrogen-bond donors (Lipinski definition) is 3. The van der Waals surface area contributed by atoms with Crippen molar-refractivity contribution >= 4 is 29.0 Å². The number of nitrogens with two attached hydrogens (primary N) is 1. The maximum absolute atomic E-state index is 14.3. The molecule has 0 radical (unpaired) electrons. The van der Waals surface area contributed by atoms with Crippen LogP contribution in [-0.2, 0) is 15.0 Å². The third-order valence-electron chi connectivity index (χ3n) is 6.97. The molecule has 1 aliphatic carbocycles. The molecule has 9 nitrogen and oxygen atoms in total. The van der Waals surface area contributed by atoms with Gasteiger partial charge in [0.15, 0.2) is 0 Å². The smallest absolute Gasteiger partial charge is 0.226 e. The van der Waals surface area contributed by atoms with E-state index in [1.807, 2.05) is 12.1 Å². The van der Waals surface area contributed by atoms with Gasteiger partial charge in [0.1, 0.15) is 22.3 Å². The second kappa shape index (κ2) is 9.65. The first-order chi connectivity index (χ1) is 16.9. The third kappa shape index (κ3) is 4.72. The maximum atomic E-state index is 14.3. The normalized spacial score (nSPS) is 19.9. The van der Waals surface area contributed by atoms with Crippen molar-refractivity contribution in [3.05, 3.63) is 53.0 Å². The molecule has 1 aliphatic heterocycles. The molecule has 2 atom stereocenters. The molecule has 5 rings (SSSR count). The zero-order valence-electron chi connectivity index (χ0n) is 19.0. The minimum absolute atomic E-state index is 0.00756. The van der Waals surface area contributed by atoms with Gasteiger partial charge in [0.2, 0.25) is 11.8 Å². The van der Waals surface area contributed by atoms with Crippen LogP contribution in [-0.4, -0.2) is 45.1 Å². The summed E-state index contributed by atoms with van der Waals surface area (Å²) < 4.78 is 14.3. The van der Waals surface area contributed by atoms with E-state index in [1.165, 1.54) is 17.4 Å². The van der Waals surface area contributed by atoms with Gasteiger partial charge in [-0.25, -0.2) is 9.37 Å². The minimum Gasteiger partial charge on any atom is -0.369 e. The Bertz CT molecular complexity index is 1220. The van der Waals surface area contributed by atoms with Gasteiger partial charge in [0.25, 0.3) is 0 Å². The fourth-order valence-electron chi connectivity index (χ4n) is 4.87. The fraction of sp³-hybridized carbons (Fsp3) is 0.417. The first-order valence-electron chi connectivity index (χ1n) is 11.7. The van der Waals surface area contributed by atoms with Gasteiger partial charge in [0, 0.05) is 42.2 Å². The first kappa shape index (κ1) is 23.3. The van der Waals surface area contributed by atoms with Crippen LogP contribution in [0.15, 0.2) is 36.7 Å². The summed E-state index contributed by atoms with van der Waals surface area (Å²) >= 11 is 1.35. The van der Waals surface area contributed by atoms with E-state index in [4.69, 9.17) is 5.73 Å². The Balaban J connectivity index is 1.27. The molecule has 1 saturated heterocycles. The lowest BCUT2D eigenvalue weighted by Gasteiger charge is -2.41. The van der Waals surface area contributed by atoms with Crippen molar-refractivity contribution < 1.29 is 14.0 Å². The van der Waals surface area contributed by atoms with E-state index in [0.29, 0.717) is 48.1 Å². The minimum atomic E-state index is -0.513. The van der Waals surface area contributed by atoms with Crippen LogP contribution >= 0.6 is 11.3 Å². The van der Waals surface area contributed by atoms with Crippen molar-refractivity contribution in [3.8, 4) is 10.7 Å². The number of nitrogens with one attached hydrogen (secondary N) is 2. The number of nitrogens with zero attached hydrogens (tertiary/aromatic N) is 4. The van der Waals surface area contributed by atoms with E-state index < -0.39 is 11.8 Å². The number of anilines is 1. The number of carbonyl (C=O) groups excluding carboxylic acids is 2. The molecule has 1 saturated carbocycles. The van der Waals surface area contributed by atoms with E-state index in [9.17, 15) is 14.0 Å². The van der Waals surface area contributed by atoms with Crippen molar-refractivity contribution in [1.82, 2.24) is 25.5 Å². The monoisotopic (exact) mass is 495 g/mol. The number of amides is 2. The average Bonchev–Trinajstić information content (AvgIpc) is 3.30. The first-order valence-corrected chi connectivity index (χ1v) is 12.5. The third-order valence-corrected chi connectivity index (χ3v) is 8.08. The van der Waals surface area contributed by atoms with E-state index >= 15 is 0 Å². The molecule has 2 aliphatic rings. The molecule has 4 heterocycles. The molecular formula is C24H26FN7O2S. The largest absolute Gasteiger partial charge is 0.369 e. The maximum Gasteiger partial charge on any atom is 0.226 e. The van der Waals surface area contributed by atoms with E-state index in [-0.39, 0.29) is 23.1 Å². The number of hydrogen-bond acceptors (Lipinski definition) is 8. The van der Waals surface area contributed by atoms with Crippen LogP contribution in [0.2, 0.25) is 0 Å². The number of rotatable bonds is 8. The lowest BCUT2D eigenvalue weighted by Crippen LogP contribution is -2.42. The van der Waals surface area contributed by atoms with Crippen LogP contribution in [0.5, 0.6) is 0 Å². The van der Waals surface area contributed by atoms with E-state index in [1.54, 1.807) is 18.5 Å². The summed E-state index contributed by atoms with van der Waals surface area (Å²) in [5.41, 5.74) is 6.45. The number of aromatic nitrogens is 4. The summed E-state index contributed by atoms with van der Waals surface area (Å²) in [6, 6.07) is 6.68. The van der Waals surface area contributed by atoms with Crippen molar-refractivity contribution in [2.45, 2.75) is 43.4 Å². The Morgan fingerprint density at radius 3 is 2.77 bits per heavy atom. The topological polar surface area (TPSA) is 136 Å². The van der Waals surface area contributed by atoms with Crippen LogP contribution in [0.4, 0.5) is 10.2 Å². The average molecular weight is 496 g/mol. The van der Waals surface area contributed by atoms with Crippen molar-refractivity contribution in [3.63, 3.8) is 0 Å². The molecule has 4 N–H and O–H groups in total. The Kier molecular flexibility index (Phi) is 6.42. The van der Waals surface area contributed by atoms with Crippen LogP contribution in [0.25, 0.3) is 10.7 Å². The lowest BCUT2D eigenvalue weighted by molar-refractivity contribution is -0.125. The van der Waals surface area contributed by atoms with Gasteiger partial charge in [-0.2, -0.15) is 0 Å². The van der Waals surface area contributed by atoms with Crippen LogP contribution < -0.4 is 16.4 Å². The van der Waals surface area contributed by atoms with Crippen molar-refractivity contribution in [2.75, 3.05) is 18.4 Å². The molecule has 2 amide bonds. The van der Waals surface area contributed by atoms with Crippen LogP contribution in [0, 0.1) is 11.7 Å². The second-order valence-electron chi connectivity index (χ2n) is 9.18. The van der Waals surface area contributed by atoms with Crippen molar-refractivity contribution in [2.24, 2.45) is 11.7 Å². The molecule has 35 heavy (non-hydrogen) atoms. The molecule has 0 aromatic carbocycles. The SMILES string of the molecule is NC(=O)C(c1cnc(-c2ccc(NCC3(c4ncccc4F)CCC3)nn2)s1)[C@@H]1CCC(=O)NC1. The lowest BCUT2D eigenvalue weighted by atomic mass is 9.66. The number of halogens is 1. The van der Waals surface area contributed by atoms with Gasteiger partial charge in [-0.15, -0.1) is 21.5 Å². The Morgan fingerprint density at radius 1 is 1.29 bits per heavy atom. The Hall–Kier alpha value is -3.47. The number of pyridine rings is 1. The van der Waals surface area contributed by atoms with Gasteiger partial charge in [-0.3, -0.25) is 14.6 Å². The van der Waals surface area contributed by atoms with Crippen LogP contribution in [0.1, 0.15) is 48.6 Å².